The summed E-state index contributed by atoms with van der Waals surface area (Å²) in [4.78, 5) is 19.8. The number of imidazole rings is 1. The van der Waals surface area contributed by atoms with Gasteiger partial charge in [-0.05, 0) is 20.8 Å². The zero-order valence-corrected chi connectivity index (χ0v) is 8.61. The topological polar surface area (TPSA) is 47.2 Å². The van der Waals surface area contributed by atoms with Crippen molar-refractivity contribution in [2.24, 2.45) is 4.99 Å². The number of fused-ring (bicyclic) bond motifs is 1. The van der Waals surface area contributed by atoms with Gasteiger partial charge < -0.3 is 4.57 Å². The van der Waals surface area contributed by atoms with E-state index in [-0.39, 0.29) is 11.3 Å². The van der Waals surface area contributed by atoms with Crippen LogP contribution in [0.2, 0.25) is 0 Å². The highest BCUT2D eigenvalue weighted by Gasteiger charge is 2.25. The molecule has 1 aromatic heterocycles. The zero-order chi connectivity index (χ0) is 10.3. The van der Waals surface area contributed by atoms with Gasteiger partial charge in [0.2, 0.25) is 0 Å². The number of hydrogen-bond acceptors (Lipinski definition) is 3. The third-order valence-corrected chi connectivity index (χ3v) is 2.22. The Labute approximate surface area is 82.7 Å². The Morgan fingerprint density at radius 2 is 2.14 bits per heavy atom. The number of carbonyl (C=O) groups is 1. The molecule has 0 bridgehead atoms. The second-order valence-electron chi connectivity index (χ2n) is 4.40. The van der Waals surface area contributed by atoms with Crippen LogP contribution < -0.4 is 0 Å². The smallest absolute Gasteiger partial charge is 0.190 e. The quantitative estimate of drug-likeness (QED) is 0.629. The molecule has 0 amide bonds. The van der Waals surface area contributed by atoms with E-state index in [1.54, 1.807) is 12.5 Å². The molecule has 0 spiro atoms. The number of aliphatic imine (C=N–C) groups is 1. The molecular formula is C10H13N3O. The summed E-state index contributed by atoms with van der Waals surface area (Å²) in [5, 5.41) is 0. The van der Waals surface area contributed by atoms with Crippen LogP contribution >= 0.6 is 0 Å². The number of nitrogens with zero attached hydrogens (tertiary/aromatic N) is 3. The van der Waals surface area contributed by atoms with Crippen LogP contribution in [0, 0.1) is 0 Å². The predicted molar refractivity (Wildman–Crippen MR) is 54.3 cm³/mol. The number of rotatable bonds is 0. The van der Waals surface area contributed by atoms with Crippen molar-refractivity contribution < 1.29 is 4.79 Å². The van der Waals surface area contributed by atoms with E-state index in [9.17, 15) is 4.79 Å². The predicted octanol–water partition coefficient (Wildman–Crippen LogP) is 1.93. The van der Waals surface area contributed by atoms with Crippen LogP contribution in [-0.4, -0.2) is 21.5 Å². The first kappa shape index (κ1) is 9.12. The summed E-state index contributed by atoms with van der Waals surface area (Å²) in [7, 11) is 0. The average Bonchev–Trinajstić information content (AvgIpc) is 2.47. The molecule has 14 heavy (non-hydrogen) atoms. The normalized spacial score (nSPS) is 15.8. The van der Waals surface area contributed by atoms with E-state index in [4.69, 9.17) is 0 Å². The number of Topliss-reactive ketones (excluding diaryl/α,β-unsaturated/α-hetero) is 1. The zero-order valence-electron chi connectivity index (χ0n) is 8.61. The van der Waals surface area contributed by atoms with Crippen LogP contribution in [0.25, 0.3) is 0 Å². The molecule has 0 fully saturated rings. The van der Waals surface area contributed by atoms with E-state index in [1.165, 1.54) is 0 Å². The summed E-state index contributed by atoms with van der Waals surface area (Å²) >= 11 is 0. The second-order valence-corrected chi connectivity index (χ2v) is 4.40. The highest BCUT2D eigenvalue weighted by atomic mass is 16.1. The molecule has 0 atom stereocenters. The molecule has 2 heterocycles. The average molecular weight is 191 g/mol. The van der Waals surface area contributed by atoms with Gasteiger partial charge in [-0.1, -0.05) is 0 Å². The summed E-state index contributed by atoms with van der Waals surface area (Å²) in [6.07, 6.45) is 3.70. The molecule has 0 unspecified atom stereocenters. The molecule has 74 valence electrons. The van der Waals surface area contributed by atoms with E-state index in [2.05, 4.69) is 30.7 Å². The highest BCUT2D eigenvalue weighted by Crippen LogP contribution is 2.28. The fourth-order valence-electron chi connectivity index (χ4n) is 1.46. The fraction of sp³-hybridized carbons (Fsp3) is 0.500. The molecule has 0 radical (unpaired) electrons. The van der Waals surface area contributed by atoms with Gasteiger partial charge in [-0.25, -0.2) is 9.98 Å². The van der Waals surface area contributed by atoms with Crippen molar-refractivity contribution in [3.63, 3.8) is 0 Å². The molecule has 1 aromatic rings. The lowest BCUT2D eigenvalue weighted by atomic mass is 10.1. The van der Waals surface area contributed by atoms with E-state index < -0.39 is 0 Å². The molecule has 2 rings (SSSR count). The van der Waals surface area contributed by atoms with Crippen molar-refractivity contribution >= 4 is 17.8 Å². The Morgan fingerprint density at radius 1 is 1.43 bits per heavy atom. The fourth-order valence-corrected chi connectivity index (χ4v) is 1.46. The molecule has 4 nitrogen and oxygen atoms in total. The van der Waals surface area contributed by atoms with Crippen molar-refractivity contribution in [1.29, 1.82) is 0 Å². The first-order chi connectivity index (χ1) is 6.50. The number of ketones is 1. The van der Waals surface area contributed by atoms with Gasteiger partial charge in [-0.2, -0.15) is 0 Å². The van der Waals surface area contributed by atoms with Gasteiger partial charge in [0.15, 0.2) is 17.3 Å². The van der Waals surface area contributed by atoms with Crippen LogP contribution in [0.4, 0.5) is 5.82 Å². The van der Waals surface area contributed by atoms with Crippen LogP contribution in [0.5, 0.6) is 0 Å². The SMILES string of the molecule is CC(C)(C)n1cnc2c1N=CCC2=O. The molecule has 0 N–H and O–H groups in total. The Balaban J connectivity index is 2.59. The molecule has 0 aromatic carbocycles. The van der Waals surface area contributed by atoms with Crippen molar-refractivity contribution in [1.82, 2.24) is 9.55 Å². The van der Waals surface area contributed by atoms with Crippen LogP contribution in [0.15, 0.2) is 11.3 Å². The molecular weight excluding hydrogens is 178 g/mol. The summed E-state index contributed by atoms with van der Waals surface area (Å²) in [5.74, 6) is 0.742. The van der Waals surface area contributed by atoms with Crippen molar-refractivity contribution in [2.45, 2.75) is 32.7 Å². The number of aromatic nitrogens is 2. The molecule has 0 saturated carbocycles. The lowest BCUT2D eigenvalue weighted by Gasteiger charge is -2.22. The van der Waals surface area contributed by atoms with Gasteiger partial charge in [0.1, 0.15) is 0 Å². The van der Waals surface area contributed by atoms with E-state index in [1.807, 2.05) is 4.57 Å². The van der Waals surface area contributed by atoms with Gasteiger partial charge in [-0.15, -0.1) is 0 Å². The Hall–Kier alpha value is -1.45. The standard InChI is InChI=1S/C10H13N3O/c1-10(2,3)13-6-12-8-7(14)4-5-11-9(8)13/h5-6H,4H2,1-3H3. The minimum Gasteiger partial charge on any atom is -0.310 e. The van der Waals surface area contributed by atoms with E-state index >= 15 is 0 Å². The Bertz CT molecular complexity index is 409. The van der Waals surface area contributed by atoms with Gasteiger partial charge >= 0.3 is 0 Å². The van der Waals surface area contributed by atoms with E-state index in [0.29, 0.717) is 17.9 Å². The van der Waals surface area contributed by atoms with Crippen molar-refractivity contribution in [2.75, 3.05) is 0 Å². The monoisotopic (exact) mass is 191 g/mol. The maximum Gasteiger partial charge on any atom is 0.190 e. The highest BCUT2D eigenvalue weighted by molar-refractivity contribution is 6.08. The molecule has 0 saturated heterocycles. The number of hydrogen-bond donors (Lipinski definition) is 0. The lowest BCUT2D eigenvalue weighted by Crippen LogP contribution is -2.21. The van der Waals surface area contributed by atoms with Gasteiger partial charge in [-0.3, -0.25) is 4.79 Å². The Morgan fingerprint density at radius 3 is 2.79 bits per heavy atom. The van der Waals surface area contributed by atoms with Crippen LogP contribution in [0.3, 0.4) is 0 Å². The van der Waals surface area contributed by atoms with Crippen LogP contribution in [0.1, 0.15) is 37.7 Å². The Kier molecular flexibility index (Phi) is 1.80. The third-order valence-electron chi connectivity index (χ3n) is 2.22. The van der Waals surface area contributed by atoms with E-state index in [0.717, 1.165) is 0 Å². The largest absolute Gasteiger partial charge is 0.310 e. The number of carbonyl (C=O) groups excluding carboxylic acids is 1. The first-order valence-corrected chi connectivity index (χ1v) is 4.63. The summed E-state index contributed by atoms with van der Waals surface area (Å²) in [6.45, 7) is 6.18. The third kappa shape index (κ3) is 1.27. The maximum absolute atomic E-state index is 11.5. The molecule has 1 aliphatic rings. The minimum absolute atomic E-state index is 0.0537. The van der Waals surface area contributed by atoms with Gasteiger partial charge in [0.05, 0.1) is 6.33 Å². The minimum atomic E-state index is -0.0878. The van der Waals surface area contributed by atoms with Crippen molar-refractivity contribution in [3.8, 4) is 0 Å². The first-order valence-electron chi connectivity index (χ1n) is 4.63. The molecule has 1 aliphatic heterocycles. The summed E-state index contributed by atoms with van der Waals surface area (Å²) < 4.78 is 1.93. The van der Waals surface area contributed by atoms with Gasteiger partial charge in [0, 0.05) is 18.2 Å². The molecule has 4 heteroatoms. The lowest BCUT2D eigenvalue weighted by molar-refractivity contribution is 0.0996. The molecule has 0 aliphatic carbocycles. The second kappa shape index (κ2) is 2.77. The summed E-state index contributed by atoms with van der Waals surface area (Å²) in [5.41, 5.74) is 0.414. The van der Waals surface area contributed by atoms with Gasteiger partial charge in [0.25, 0.3) is 0 Å². The van der Waals surface area contributed by atoms with Crippen molar-refractivity contribution in [3.05, 3.63) is 12.0 Å². The maximum atomic E-state index is 11.5. The summed E-state index contributed by atoms with van der Waals surface area (Å²) in [6, 6.07) is 0. The van der Waals surface area contributed by atoms with Crippen LogP contribution in [-0.2, 0) is 5.54 Å².